The molecule has 1 unspecified atom stereocenters. The molecule has 0 heterocycles. The molecule has 0 fully saturated rings. The fourth-order valence-electron chi connectivity index (χ4n) is 1.78. The van der Waals surface area contributed by atoms with Crippen molar-refractivity contribution < 1.29 is 23.5 Å². The van der Waals surface area contributed by atoms with Gasteiger partial charge in [-0.1, -0.05) is 0 Å². The van der Waals surface area contributed by atoms with E-state index in [2.05, 4.69) is 0 Å². The van der Waals surface area contributed by atoms with Gasteiger partial charge in [0.15, 0.2) is 0 Å². The van der Waals surface area contributed by atoms with Crippen LogP contribution in [0, 0.1) is 21.7 Å². The minimum absolute atomic E-state index is 0.0566. The van der Waals surface area contributed by atoms with Crippen molar-refractivity contribution in [3.63, 3.8) is 0 Å². The van der Waals surface area contributed by atoms with Gasteiger partial charge in [-0.05, 0) is 37.3 Å². The molecule has 0 aliphatic heterocycles. The summed E-state index contributed by atoms with van der Waals surface area (Å²) in [7, 11) is 0. The highest BCUT2D eigenvalue weighted by molar-refractivity contribution is 5.50. The number of nitrogens with zero attached hydrogens (tertiary/aromatic N) is 1. The fraction of sp³-hybridized carbons (Fsp3) is 0.143. The first kappa shape index (κ1) is 14.9. The van der Waals surface area contributed by atoms with Gasteiger partial charge >= 0.3 is 5.69 Å². The van der Waals surface area contributed by atoms with Crippen LogP contribution in [0.5, 0.6) is 11.5 Å². The summed E-state index contributed by atoms with van der Waals surface area (Å²) in [5.74, 6) is -1.49. The van der Waals surface area contributed by atoms with E-state index < -0.39 is 28.3 Å². The van der Waals surface area contributed by atoms with Crippen LogP contribution in [0.4, 0.5) is 14.5 Å². The van der Waals surface area contributed by atoms with Crippen LogP contribution in [-0.4, -0.2) is 10.0 Å². The molecule has 5 nitrogen and oxygen atoms in total. The average Bonchev–Trinajstić information content (AvgIpc) is 2.42. The molecule has 7 heteroatoms. The van der Waals surface area contributed by atoms with Crippen LogP contribution >= 0.6 is 0 Å². The van der Waals surface area contributed by atoms with Gasteiger partial charge in [0.1, 0.15) is 17.4 Å². The molecule has 0 spiro atoms. The van der Waals surface area contributed by atoms with E-state index in [1.165, 1.54) is 13.0 Å². The number of benzene rings is 2. The van der Waals surface area contributed by atoms with Crippen LogP contribution in [0.2, 0.25) is 0 Å². The molecule has 0 saturated carbocycles. The SMILES string of the molecule is CC(O)c1cc(F)ccc1Oc1ccc(F)cc1[N+](=O)[O-]. The standard InChI is InChI=1S/C14H11F2NO4/c1-8(18)11-6-9(15)2-4-13(11)21-14-5-3-10(16)7-12(14)17(19)20/h2-8,18H,1H3. The maximum Gasteiger partial charge on any atom is 0.314 e. The van der Waals surface area contributed by atoms with Crippen LogP contribution < -0.4 is 4.74 Å². The van der Waals surface area contributed by atoms with E-state index in [9.17, 15) is 24.0 Å². The number of nitro benzene ring substituents is 1. The molecule has 1 atom stereocenters. The molecule has 2 aromatic rings. The van der Waals surface area contributed by atoms with Gasteiger partial charge in [0.2, 0.25) is 5.75 Å². The summed E-state index contributed by atoms with van der Waals surface area (Å²) in [5.41, 5.74) is -0.426. The average molecular weight is 295 g/mol. The minimum atomic E-state index is -1.03. The van der Waals surface area contributed by atoms with Gasteiger partial charge in [0.05, 0.1) is 17.1 Å². The van der Waals surface area contributed by atoms with Gasteiger partial charge in [-0.25, -0.2) is 8.78 Å². The lowest BCUT2D eigenvalue weighted by atomic mass is 10.1. The molecular formula is C14H11F2NO4. The molecule has 0 radical (unpaired) electrons. The molecule has 0 bridgehead atoms. The van der Waals surface area contributed by atoms with Gasteiger partial charge in [-0.2, -0.15) is 0 Å². The quantitative estimate of drug-likeness (QED) is 0.689. The number of ether oxygens (including phenoxy) is 1. The third-order valence-electron chi connectivity index (χ3n) is 2.76. The molecule has 0 aliphatic carbocycles. The second kappa shape index (κ2) is 5.84. The summed E-state index contributed by atoms with van der Waals surface area (Å²) in [6.07, 6.45) is -1.03. The van der Waals surface area contributed by atoms with E-state index in [1.54, 1.807) is 0 Å². The zero-order valence-corrected chi connectivity index (χ0v) is 10.9. The Balaban J connectivity index is 2.46. The smallest absolute Gasteiger partial charge is 0.314 e. The van der Waals surface area contributed by atoms with E-state index >= 15 is 0 Å². The summed E-state index contributed by atoms with van der Waals surface area (Å²) in [5, 5.41) is 20.5. The molecule has 0 aromatic heterocycles. The highest BCUT2D eigenvalue weighted by atomic mass is 19.1. The number of rotatable bonds is 4. The summed E-state index contributed by atoms with van der Waals surface area (Å²) in [6.45, 7) is 1.40. The second-order valence-electron chi connectivity index (χ2n) is 4.33. The van der Waals surface area contributed by atoms with Crippen LogP contribution in [0.15, 0.2) is 36.4 Å². The Hall–Kier alpha value is -2.54. The van der Waals surface area contributed by atoms with E-state index in [0.717, 1.165) is 30.3 Å². The normalized spacial score (nSPS) is 12.0. The zero-order chi connectivity index (χ0) is 15.6. The Kier molecular flexibility index (Phi) is 4.13. The van der Waals surface area contributed by atoms with Crippen LogP contribution in [0.3, 0.4) is 0 Å². The molecule has 2 aromatic carbocycles. The summed E-state index contributed by atoms with van der Waals surface area (Å²) < 4.78 is 31.6. The third kappa shape index (κ3) is 3.32. The van der Waals surface area contributed by atoms with Gasteiger partial charge in [-0.3, -0.25) is 10.1 Å². The number of nitro groups is 1. The van der Waals surface area contributed by atoms with Crippen molar-refractivity contribution >= 4 is 5.69 Å². The van der Waals surface area contributed by atoms with Crippen LogP contribution in [0.25, 0.3) is 0 Å². The Bertz CT molecular complexity index is 689. The van der Waals surface area contributed by atoms with Crippen molar-refractivity contribution in [1.82, 2.24) is 0 Å². The molecule has 2 rings (SSSR count). The summed E-state index contributed by atoms with van der Waals surface area (Å²) in [4.78, 5) is 10.1. The number of aliphatic hydroxyl groups is 1. The number of halogens is 2. The Morgan fingerprint density at radius 1 is 1.14 bits per heavy atom. The van der Waals surface area contributed by atoms with Crippen molar-refractivity contribution in [2.75, 3.05) is 0 Å². The predicted molar refractivity (Wildman–Crippen MR) is 70.2 cm³/mol. The van der Waals surface area contributed by atoms with Crippen molar-refractivity contribution in [1.29, 1.82) is 0 Å². The molecule has 21 heavy (non-hydrogen) atoms. The third-order valence-corrected chi connectivity index (χ3v) is 2.76. The van der Waals surface area contributed by atoms with Crippen molar-refractivity contribution in [3.05, 3.63) is 63.7 Å². The van der Waals surface area contributed by atoms with E-state index in [-0.39, 0.29) is 17.1 Å². The fourth-order valence-corrected chi connectivity index (χ4v) is 1.78. The highest BCUT2D eigenvalue weighted by Crippen LogP contribution is 2.35. The van der Waals surface area contributed by atoms with Crippen LogP contribution in [0.1, 0.15) is 18.6 Å². The molecule has 1 N–H and O–H groups in total. The largest absolute Gasteiger partial charge is 0.450 e. The second-order valence-corrected chi connectivity index (χ2v) is 4.33. The first-order valence-electron chi connectivity index (χ1n) is 5.98. The molecule has 0 amide bonds. The molecule has 110 valence electrons. The lowest BCUT2D eigenvalue weighted by Crippen LogP contribution is -1.99. The number of hydrogen-bond donors (Lipinski definition) is 1. The monoisotopic (exact) mass is 295 g/mol. The highest BCUT2D eigenvalue weighted by Gasteiger charge is 2.19. The first-order chi connectivity index (χ1) is 9.88. The maximum absolute atomic E-state index is 13.2. The van der Waals surface area contributed by atoms with Gasteiger partial charge in [-0.15, -0.1) is 0 Å². The van der Waals surface area contributed by atoms with E-state index in [1.807, 2.05) is 0 Å². The molecule has 0 aliphatic rings. The van der Waals surface area contributed by atoms with Crippen molar-refractivity contribution in [2.45, 2.75) is 13.0 Å². The molecular weight excluding hydrogens is 284 g/mol. The summed E-state index contributed by atoms with van der Waals surface area (Å²) >= 11 is 0. The lowest BCUT2D eigenvalue weighted by Gasteiger charge is -2.13. The predicted octanol–water partition coefficient (Wildman–Crippen LogP) is 3.72. The Morgan fingerprint density at radius 3 is 2.29 bits per heavy atom. The Labute approximate surface area is 118 Å². The lowest BCUT2D eigenvalue weighted by molar-refractivity contribution is -0.385. The van der Waals surface area contributed by atoms with E-state index in [4.69, 9.17) is 4.74 Å². The van der Waals surface area contributed by atoms with E-state index in [0.29, 0.717) is 0 Å². The maximum atomic E-state index is 13.2. The van der Waals surface area contributed by atoms with Gasteiger partial charge < -0.3 is 9.84 Å². The molecule has 0 saturated heterocycles. The number of aliphatic hydroxyl groups excluding tert-OH is 1. The Morgan fingerprint density at radius 2 is 1.71 bits per heavy atom. The zero-order valence-electron chi connectivity index (χ0n) is 10.9. The topological polar surface area (TPSA) is 72.6 Å². The van der Waals surface area contributed by atoms with Crippen molar-refractivity contribution in [3.8, 4) is 11.5 Å². The van der Waals surface area contributed by atoms with Crippen LogP contribution in [-0.2, 0) is 0 Å². The van der Waals surface area contributed by atoms with Gasteiger partial charge in [0.25, 0.3) is 0 Å². The first-order valence-corrected chi connectivity index (χ1v) is 5.98. The number of hydrogen-bond acceptors (Lipinski definition) is 4. The van der Waals surface area contributed by atoms with Crippen molar-refractivity contribution in [2.24, 2.45) is 0 Å². The summed E-state index contributed by atoms with van der Waals surface area (Å²) in [6, 6.07) is 6.23. The van der Waals surface area contributed by atoms with Gasteiger partial charge in [0, 0.05) is 5.56 Å². The minimum Gasteiger partial charge on any atom is -0.450 e.